The average molecular weight is 370 g/mol. The minimum absolute atomic E-state index is 0.0473. The summed E-state index contributed by atoms with van der Waals surface area (Å²) in [7, 11) is 0. The number of ketones is 1. The van der Waals surface area contributed by atoms with Gasteiger partial charge in [-0.05, 0) is 38.5 Å². The fourth-order valence-electron chi connectivity index (χ4n) is 2.78. The van der Waals surface area contributed by atoms with Crippen molar-refractivity contribution in [2.24, 2.45) is 0 Å². The number of Topliss-reactive ketones (excluding diaryl/α,β-unsaturated/α-hetero) is 1. The van der Waals surface area contributed by atoms with Gasteiger partial charge in [-0.1, -0.05) is 12.1 Å². The molecule has 0 saturated carbocycles. The Morgan fingerprint density at radius 2 is 2.00 bits per heavy atom. The third-order valence-corrected chi connectivity index (χ3v) is 4.89. The molecular formula is C19H18N2O4S. The highest BCUT2D eigenvalue weighted by Gasteiger charge is 2.20. The molecule has 134 valence electrons. The van der Waals surface area contributed by atoms with Gasteiger partial charge >= 0.3 is 5.97 Å². The van der Waals surface area contributed by atoms with E-state index in [1.165, 1.54) is 17.4 Å². The summed E-state index contributed by atoms with van der Waals surface area (Å²) in [4.78, 5) is 28.9. The molecule has 1 N–H and O–H groups in total. The highest BCUT2D eigenvalue weighted by molar-refractivity contribution is 7.12. The molecule has 26 heavy (non-hydrogen) atoms. The number of hydrogen-bond acceptors (Lipinski definition) is 6. The van der Waals surface area contributed by atoms with Crippen molar-refractivity contribution in [1.82, 2.24) is 9.55 Å². The minimum atomic E-state index is -0.728. The second-order valence-corrected chi connectivity index (χ2v) is 6.78. The van der Waals surface area contributed by atoms with E-state index < -0.39 is 12.6 Å². The van der Waals surface area contributed by atoms with E-state index in [1.54, 1.807) is 31.3 Å². The molecule has 0 spiro atoms. The maximum atomic E-state index is 12.5. The number of ether oxygens (including phenoxy) is 1. The summed E-state index contributed by atoms with van der Waals surface area (Å²) in [6.45, 7) is 5.01. The quantitative estimate of drug-likeness (QED) is 0.548. The predicted molar refractivity (Wildman–Crippen MR) is 98.4 cm³/mol. The van der Waals surface area contributed by atoms with Crippen molar-refractivity contribution in [3.63, 3.8) is 0 Å². The molecule has 7 heteroatoms. The molecule has 6 nitrogen and oxygen atoms in total. The standard InChI is InChI=1S/C19H18N2O4S/c1-11-5-4-6-14(17(11)23)18(24)25-10-16(22)15-9-12(2)21(13(15)3)19-20-7-8-26-19/h4-9,23H,10H2,1-3H3. The molecule has 2 aromatic heterocycles. The monoisotopic (exact) mass is 370 g/mol. The van der Waals surface area contributed by atoms with Crippen LogP contribution in [0, 0.1) is 20.8 Å². The Hall–Kier alpha value is -2.93. The predicted octanol–water partition coefficient (Wildman–Crippen LogP) is 3.60. The van der Waals surface area contributed by atoms with Gasteiger partial charge in [0.15, 0.2) is 11.7 Å². The first-order valence-electron chi connectivity index (χ1n) is 7.98. The van der Waals surface area contributed by atoms with E-state index in [4.69, 9.17) is 4.74 Å². The van der Waals surface area contributed by atoms with Gasteiger partial charge in [-0.15, -0.1) is 11.3 Å². The van der Waals surface area contributed by atoms with Crippen LogP contribution in [0.3, 0.4) is 0 Å². The molecule has 0 unspecified atom stereocenters. The van der Waals surface area contributed by atoms with Gasteiger partial charge in [-0.2, -0.15) is 0 Å². The number of carbonyl (C=O) groups is 2. The molecule has 2 heterocycles. The molecular weight excluding hydrogens is 352 g/mol. The minimum Gasteiger partial charge on any atom is -0.507 e. The zero-order chi connectivity index (χ0) is 18.8. The van der Waals surface area contributed by atoms with Crippen LogP contribution < -0.4 is 0 Å². The Labute approximate surface area is 154 Å². The van der Waals surface area contributed by atoms with E-state index in [-0.39, 0.29) is 17.1 Å². The smallest absolute Gasteiger partial charge is 0.342 e. The Balaban J connectivity index is 1.76. The van der Waals surface area contributed by atoms with Gasteiger partial charge in [0.2, 0.25) is 5.78 Å². The van der Waals surface area contributed by atoms with Crippen molar-refractivity contribution < 1.29 is 19.4 Å². The van der Waals surface area contributed by atoms with Crippen LogP contribution >= 0.6 is 11.3 Å². The molecule has 3 aromatic rings. The van der Waals surface area contributed by atoms with Crippen LogP contribution in [0.5, 0.6) is 5.75 Å². The SMILES string of the molecule is Cc1cccc(C(=O)OCC(=O)c2cc(C)n(-c3nccs3)c2C)c1O. The van der Waals surface area contributed by atoms with E-state index in [2.05, 4.69) is 4.98 Å². The van der Waals surface area contributed by atoms with Crippen LogP contribution in [0.2, 0.25) is 0 Å². The Morgan fingerprint density at radius 3 is 2.69 bits per heavy atom. The highest BCUT2D eigenvalue weighted by atomic mass is 32.1. The lowest BCUT2D eigenvalue weighted by molar-refractivity contribution is 0.0471. The fraction of sp³-hybridized carbons (Fsp3) is 0.211. The van der Waals surface area contributed by atoms with Gasteiger partial charge in [0.1, 0.15) is 11.3 Å². The van der Waals surface area contributed by atoms with E-state index in [0.717, 1.165) is 16.5 Å². The first kappa shape index (κ1) is 17.9. The molecule has 0 bridgehead atoms. The number of nitrogens with zero attached hydrogens (tertiary/aromatic N) is 2. The lowest BCUT2D eigenvalue weighted by Crippen LogP contribution is -2.15. The number of benzene rings is 1. The van der Waals surface area contributed by atoms with E-state index in [9.17, 15) is 14.7 Å². The number of para-hydroxylation sites is 1. The molecule has 0 radical (unpaired) electrons. The van der Waals surface area contributed by atoms with Crippen molar-refractivity contribution in [3.8, 4) is 10.9 Å². The summed E-state index contributed by atoms with van der Waals surface area (Å²) >= 11 is 1.48. The number of rotatable bonds is 5. The number of carbonyl (C=O) groups excluding carboxylic acids is 2. The summed E-state index contributed by atoms with van der Waals surface area (Å²) in [5.74, 6) is -1.17. The number of thiazole rings is 1. The van der Waals surface area contributed by atoms with Crippen LogP contribution in [-0.2, 0) is 4.74 Å². The fourth-order valence-corrected chi connectivity index (χ4v) is 3.53. The van der Waals surface area contributed by atoms with E-state index in [0.29, 0.717) is 11.1 Å². The number of aromatic hydroxyl groups is 1. The van der Waals surface area contributed by atoms with Crippen LogP contribution in [0.15, 0.2) is 35.8 Å². The molecule has 0 fully saturated rings. The number of aromatic nitrogens is 2. The normalized spacial score (nSPS) is 10.7. The Kier molecular flexibility index (Phi) is 4.90. The molecule has 0 saturated heterocycles. The first-order chi connectivity index (χ1) is 12.4. The van der Waals surface area contributed by atoms with Gasteiger partial charge in [0.25, 0.3) is 0 Å². The number of esters is 1. The summed E-state index contributed by atoms with van der Waals surface area (Å²) in [5, 5.41) is 12.6. The maximum Gasteiger partial charge on any atom is 0.342 e. The lowest BCUT2D eigenvalue weighted by atomic mass is 10.1. The zero-order valence-electron chi connectivity index (χ0n) is 14.6. The summed E-state index contributed by atoms with van der Waals surface area (Å²) in [6, 6.07) is 6.56. The van der Waals surface area contributed by atoms with Crippen LogP contribution in [-0.4, -0.2) is 33.0 Å². The van der Waals surface area contributed by atoms with Crippen molar-refractivity contribution in [2.75, 3.05) is 6.61 Å². The van der Waals surface area contributed by atoms with Gasteiger partial charge in [0.05, 0.1) is 0 Å². The number of phenols is 1. The third kappa shape index (κ3) is 3.25. The molecule has 0 aliphatic rings. The number of hydrogen-bond donors (Lipinski definition) is 1. The topological polar surface area (TPSA) is 81.4 Å². The second-order valence-electron chi connectivity index (χ2n) is 5.91. The van der Waals surface area contributed by atoms with Gasteiger partial charge < -0.3 is 9.84 Å². The lowest BCUT2D eigenvalue weighted by Gasteiger charge is -2.08. The van der Waals surface area contributed by atoms with Gasteiger partial charge in [-0.25, -0.2) is 9.78 Å². The zero-order valence-corrected chi connectivity index (χ0v) is 15.5. The molecule has 3 rings (SSSR count). The van der Waals surface area contributed by atoms with Crippen LogP contribution in [0.25, 0.3) is 5.13 Å². The van der Waals surface area contributed by atoms with Crippen LogP contribution in [0.4, 0.5) is 0 Å². The van der Waals surface area contributed by atoms with E-state index in [1.807, 2.05) is 23.8 Å². The third-order valence-electron chi connectivity index (χ3n) is 4.13. The number of aryl methyl sites for hydroxylation is 2. The van der Waals surface area contributed by atoms with Crippen molar-refractivity contribution in [3.05, 3.63) is 63.9 Å². The highest BCUT2D eigenvalue weighted by Crippen LogP contribution is 2.24. The van der Waals surface area contributed by atoms with Crippen LogP contribution in [0.1, 0.15) is 37.7 Å². The summed E-state index contributed by atoms with van der Waals surface area (Å²) in [5.41, 5.74) is 2.73. The van der Waals surface area contributed by atoms with Crippen molar-refractivity contribution in [2.45, 2.75) is 20.8 Å². The van der Waals surface area contributed by atoms with Gasteiger partial charge in [0, 0.05) is 28.5 Å². The largest absolute Gasteiger partial charge is 0.507 e. The first-order valence-corrected chi connectivity index (χ1v) is 8.86. The summed E-state index contributed by atoms with van der Waals surface area (Å²) in [6.07, 6.45) is 1.70. The molecule has 1 aromatic carbocycles. The van der Waals surface area contributed by atoms with Crippen molar-refractivity contribution >= 4 is 23.1 Å². The average Bonchev–Trinajstić information content (AvgIpc) is 3.22. The molecule has 0 aliphatic heterocycles. The van der Waals surface area contributed by atoms with E-state index >= 15 is 0 Å². The van der Waals surface area contributed by atoms with Crippen molar-refractivity contribution in [1.29, 1.82) is 0 Å². The molecule has 0 aliphatic carbocycles. The Bertz CT molecular complexity index is 974. The maximum absolute atomic E-state index is 12.5. The molecule has 0 atom stereocenters. The summed E-state index contributed by atoms with van der Waals surface area (Å²) < 4.78 is 7.00. The van der Waals surface area contributed by atoms with Gasteiger partial charge in [-0.3, -0.25) is 9.36 Å². The Morgan fingerprint density at radius 1 is 1.23 bits per heavy atom. The number of phenolic OH excluding ortho intramolecular Hbond substituents is 1. The molecule has 0 amide bonds. The second kappa shape index (κ2) is 7.13.